The third-order valence-electron chi connectivity index (χ3n) is 3.72. The number of likely N-dealkylation sites (N-methyl/N-ethyl adjacent to an activating group) is 1. The molecule has 0 saturated carbocycles. The molecule has 5 heteroatoms. The lowest BCUT2D eigenvalue weighted by Gasteiger charge is -2.37. The van der Waals surface area contributed by atoms with Gasteiger partial charge in [0.25, 0.3) is 0 Å². The van der Waals surface area contributed by atoms with Gasteiger partial charge >= 0.3 is 0 Å². The number of likely N-dealkylation sites (tertiary alicyclic amines) is 1. The van der Waals surface area contributed by atoms with Crippen LogP contribution in [0, 0.1) is 0 Å². The van der Waals surface area contributed by atoms with Gasteiger partial charge in [-0.1, -0.05) is 0 Å². The Morgan fingerprint density at radius 2 is 2.39 bits per heavy atom. The predicted octanol–water partition coefficient (Wildman–Crippen LogP) is 1.55. The number of hydrogen-bond donors (Lipinski definition) is 1. The van der Waals surface area contributed by atoms with Crippen LogP contribution in [0.15, 0.2) is 17.0 Å². The lowest BCUT2D eigenvalue weighted by molar-refractivity contribution is -0.138. The lowest BCUT2D eigenvalue weighted by Crippen LogP contribution is -2.51. The highest BCUT2D eigenvalue weighted by Crippen LogP contribution is 2.29. The van der Waals surface area contributed by atoms with Gasteiger partial charge in [0.15, 0.2) is 6.39 Å². The highest BCUT2D eigenvalue weighted by molar-refractivity contribution is 5.82. The summed E-state index contributed by atoms with van der Waals surface area (Å²) in [6.45, 7) is 4.71. The first-order chi connectivity index (χ1) is 8.54. The molecular formula is C13H21N3O2. The Balaban J connectivity index is 2.22. The zero-order valence-electron chi connectivity index (χ0n) is 11.3. The maximum atomic E-state index is 12.5. The topological polar surface area (TPSA) is 58.4 Å². The molecule has 0 radical (unpaired) electrons. The first-order valence-electron chi connectivity index (χ1n) is 6.41. The number of nitrogens with one attached hydrogen (secondary N) is 1. The van der Waals surface area contributed by atoms with Crippen LogP contribution < -0.4 is 5.32 Å². The maximum absolute atomic E-state index is 12.5. The molecule has 0 spiro atoms. The molecule has 1 N–H and O–H groups in total. The van der Waals surface area contributed by atoms with Crippen molar-refractivity contribution in [2.45, 2.75) is 51.2 Å². The van der Waals surface area contributed by atoms with Crippen LogP contribution in [0.5, 0.6) is 0 Å². The van der Waals surface area contributed by atoms with Crippen LogP contribution in [-0.4, -0.2) is 34.4 Å². The largest absolute Gasteiger partial charge is 0.447 e. The summed E-state index contributed by atoms with van der Waals surface area (Å²) < 4.78 is 5.26. The zero-order chi connectivity index (χ0) is 13.2. The van der Waals surface area contributed by atoms with Crippen LogP contribution >= 0.6 is 0 Å². The lowest BCUT2D eigenvalue weighted by atomic mass is 9.97. The molecule has 100 valence electrons. The highest BCUT2D eigenvalue weighted by atomic mass is 16.3. The molecule has 18 heavy (non-hydrogen) atoms. The van der Waals surface area contributed by atoms with Gasteiger partial charge in [0.2, 0.25) is 5.91 Å². The SMILES string of the molecule is CNC1CCCC(C)(C)N(Cc2cnco2)C1=O. The fourth-order valence-electron chi connectivity index (χ4n) is 2.52. The van der Waals surface area contributed by atoms with Crippen molar-refractivity contribution in [3.63, 3.8) is 0 Å². The molecule has 2 heterocycles. The third kappa shape index (κ3) is 2.56. The predicted molar refractivity (Wildman–Crippen MR) is 67.8 cm³/mol. The number of carbonyl (C=O) groups excluding carboxylic acids is 1. The molecule has 1 unspecified atom stereocenters. The van der Waals surface area contributed by atoms with Crippen LogP contribution in [0.4, 0.5) is 0 Å². The summed E-state index contributed by atoms with van der Waals surface area (Å²) in [4.78, 5) is 18.3. The van der Waals surface area contributed by atoms with Gasteiger partial charge in [-0.15, -0.1) is 0 Å². The van der Waals surface area contributed by atoms with Crippen LogP contribution in [0.3, 0.4) is 0 Å². The van der Waals surface area contributed by atoms with Gasteiger partial charge < -0.3 is 14.6 Å². The van der Waals surface area contributed by atoms with E-state index in [1.54, 1.807) is 6.20 Å². The van der Waals surface area contributed by atoms with Gasteiger partial charge in [0, 0.05) is 5.54 Å². The highest BCUT2D eigenvalue weighted by Gasteiger charge is 2.37. The molecule has 1 atom stereocenters. The Morgan fingerprint density at radius 3 is 3.00 bits per heavy atom. The summed E-state index contributed by atoms with van der Waals surface area (Å²) in [5.41, 5.74) is -0.143. The summed E-state index contributed by atoms with van der Waals surface area (Å²) in [5.74, 6) is 0.879. The Kier molecular flexibility index (Phi) is 3.71. The fourth-order valence-corrected chi connectivity index (χ4v) is 2.52. The Bertz CT molecular complexity index is 400. The molecular weight excluding hydrogens is 230 g/mol. The first-order valence-corrected chi connectivity index (χ1v) is 6.41. The first kappa shape index (κ1) is 13.1. The molecule has 0 aliphatic carbocycles. The number of nitrogens with zero attached hydrogens (tertiary/aromatic N) is 2. The average Bonchev–Trinajstić information content (AvgIpc) is 2.80. The van der Waals surface area contributed by atoms with Crippen molar-refractivity contribution in [1.29, 1.82) is 0 Å². The smallest absolute Gasteiger partial charge is 0.240 e. The van der Waals surface area contributed by atoms with E-state index in [0.717, 1.165) is 25.0 Å². The minimum Gasteiger partial charge on any atom is -0.447 e. The van der Waals surface area contributed by atoms with Gasteiger partial charge in [0.05, 0.1) is 18.8 Å². The molecule has 5 nitrogen and oxygen atoms in total. The van der Waals surface area contributed by atoms with Crippen molar-refractivity contribution in [1.82, 2.24) is 15.2 Å². The number of rotatable bonds is 3. The van der Waals surface area contributed by atoms with E-state index < -0.39 is 0 Å². The van der Waals surface area contributed by atoms with Gasteiger partial charge in [-0.05, 0) is 40.2 Å². The van der Waals surface area contributed by atoms with Gasteiger partial charge in [-0.3, -0.25) is 4.79 Å². The summed E-state index contributed by atoms with van der Waals surface area (Å²) in [6, 6.07) is -0.0882. The van der Waals surface area contributed by atoms with Crippen molar-refractivity contribution in [2.24, 2.45) is 0 Å². The van der Waals surface area contributed by atoms with Crippen molar-refractivity contribution in [3.8, 4) is 0 Å². The quantitative estimate of drug-likeness (QED) is 0.885. The van der Waals surface area contributed by atoms with Gasteiger partial charge in [0.1, 0.15) is 5.76 Å². The van der Waals surface area contributed by atoms with Crippen LogP contribution in [0.1, 0.15) is 38.9 Å². The van der Waals surface area contributed by atoms with E-state index in [0.29, 0.717) is 6.54 Å². The van der Waals surface area contributed by atoms with Gasteiger partial charge in [-0.2, -0.15) is 0 Å². The van der Waals surface area contributed by atoms with Crippen LogP contribution in [0.2, 0.25) is 0 Å². The summed E-state index contributed by atoms with van der Waals surface area (Å²) in [7, 11) is 1.84. The number of amides is 1. The maximum Gasteiger partial charge on any atom is 0.240 e. The zero-order valence-corrected chi connectivity index (χ0v) is 11.3. The normalized spacial score (nSPS) is 24.1. The van der Waals surface area contributed by atoms with E-state index in [1.165, 1.54) is 6.39 Å². The Labute approximate surface area is 108 Å². The second-order valence-electron chi connectivity index (χ2n) is 5.44. The molecule has 1 fully saturated rings. The average molecular weight is 251 g/mol. The second kappa shape index (κ2) is 5.10. The van der Waals surface area contributed by atoms with Crippen LogP contribution in [-0.2, 0) is 11.3 Å². The minimum atomic E-state index is -0.143. The monoisotopic (exact) mass is 251 g/mol. The molecule has 0 bridgehead atoms. The molecule has 1 aromatic heterocycles. The summed E-state index contributed by atoms with van der Waals surface area (Å²) >= 11 is 0. The van der Waals surface area contributed by atoms with Crippen molar-refractivity contribution < 1.29 is 9.21 Å². The van der Waals surface area contributed by atoms with Crippen molar-refractivity contribution in [3.05, 3.63) is 18.4 Å². The number of aromatic nitrogens is 1. The van der Waals surface area contributed by atoms with Crippen molar-refractivity contribution in [2.75, 3.05) is 7.05 Å². The van der Waals surface area contributed by atoms with Crippen molar-refractivity contribution >= 4 is 5.91 Å². The Morgan fingerprint density at radius 1 is 1.61 bits per heavy atom. The number of carbonyl (C=O) groups is 1. The Hall–Kier alpha value is -1.36. The number of hydrogen-bond acceptors (Lipinski definition) is 4. The van der Waals surface area contributed by atoms with Gasteiger partial charge in [-0.25, -0.2) is 4.98 Å². The van der Waals surface area contributed by atoms with E-state index in [-0.39, 0.29) is 17.5 Å². The summed E-state index contributed by atoms with van der Waals surface area (Å²) in [6.07, 6.45) is 6.02. The van der Waals surface area contributed by atoms with Crippen LogP contribution in [0.25, 0.3) is 0 Å². The van der Waals surface area contributed by atoms with E-state index >= 15 is 0 Å². The van der Waals surface area contributed by atoms with E-state index in [2.05, 4.69) is 24.1 Å². The molecule has 2 rings (SSSR count). The van der Waals surface area contributed by atoms with E-state index in [1.807, 2.05) is 11.9 Å². The molecule has 1 amide bonds. The molecule has 1 aliphatic heterocycles. The molecule has 1 aromatic rings. The minimum absolute atomic E-state index is 0.0882. The molecule has 1 saturated heterocycles. The third-order valence-corrected chi connectivity index (χ3v) is 3.72. The summed E-state index contributed by atoms with van der Waals surface area (Å²) in [5, 5.41) is 3.10. The number of oxazole rings is 1. The second-order valence-corrected chi connectivity index (χ2v) is 5.44. The molecule has 0 aromatic carbocycles. The molecule has 1 aliphatic rings. The van der Waals surface area contributed by atoms with E-state index in [4.69, 9.17) is 4.42 Å². The van der Waals surface area contributed by atoms with E-state index in [9.17, 15) is 4.79 Å². The standard InChI is InChI=1S/C13H21N3O2/c1-13(2)6-4-5-11(14-3)12(17)16(13)8-10-7-15-9-18-10/h7,9,11,14H,4-6,8H2,1-3H3. The fraction of sp³-hybridized carbons (Fsp3) is 0.692.